The van der Waals surface area contributed by atoms with Crippen molar-refractivity contribution in [3.8, 4) is 11.6 Å². The summed E-state index contributed by atoms with van der Waals surface area (Å²) in [5.74, 6) is 3.12. The summed E-state index contributed by atoms with van der Waals surface area (Å²) in [6.45, 7) is 0. The Morgan fingerprint density at radius 3 is 2.79 bits per heavy atom. The lowest BCUT2D eigenvalue weighted by molar-refractivity contribution is 0.457. The Balaban J connectivity index is 1.89. The van der Waals surface area contributed by atoms with E-state index in [0.717, 1.165) is 24.5 Å². The third kappa shape index (κ3) is 2.93. The Kier molecular flexibility index (Phi) is 3.21. The molecule has 98 valence electrons. The molecule has 6 heteroatoms. The molecular formula is C13H13ClN4O. The molecule has 0 saturated heterocycles. The lowest BCUT2D eigenvalue weighted by Crippen LogP contribution is -2.01. The van der Waals surface area contributed by atoms with Crippen LogP contribution >= 0.6 is 11.6 Å². The van der Waals surface area contributed by atoms with Crippen LogP contribution in [0.2, 0.25) is 5.02 Å². The van der Waals surface area contributed by atoms with Gasteiger partial charge >= 0.3 is 0 Å². The van der Waals surface area contributed by atoms with Gasteiger partial charge in [0.2, 0.25) is 5.88 Å². The molecule has 1 aliphatic carbocycles. The maximum Gasteiger partial charge on any atom is 0.224 e. The zero-order chi connectivity index (χ0) is 13.2. The summed E-state index contributed by atoms with van der Waals surface area (Å²) >= 11 is 5.87. The van der Waals surface area contributed by atoms with Crippen molar-refractivity contribution in [2.45, 2.75) is 18.8 Å². The summed E-state index contributed by atoms with van der Waals surface area (Å²) in [6.07, 6.45) is 5.45. The van der Waals surface area contributed by atoms with Crippen LogP contribution in [-0.4, -0.2) is 22.0 Å². The molecule has 1 fully saturated rings. The molecule has 2 heterocycles. The second-order valence-electron chi connectivity index (χ2n) is 4.41. The van der Waals surface area contributed by atoms with E-state index in [1.165, 1.54) is 0 Å². The number of hydrogen-bond donors (Lipinski definition) is 1. The van der Waals surface area contributed by atoms with Crippen LogP contribution < -0.4 is 10.1 Å². The normalized spacial score (nSPS) is 14.2. The Bertz CT molecular complexity index is 601. The molecule has 2 aromatic heterocycles. The fraction of sp³-hybridized carbons (Fsp3) is 0.308. The van der Waals surface area contributed by atoms with Crippen LogP contribution in [0.25, 0.3) is 0 Å². The first kappa shape index (κ1) is 12.2. The first-order valence-corrected chi connectivity index (χ1v) is 6.47. The van der Waals surface area contributed by atoms with Gasteiger partial charge in [0, 0.05) is 31.3 Å². The topological polar surface area (TPSA) is 59.9 Å². The minimum atomic E-state index is 0.466. The molecule has 2 aromatic rings. The number of anilines is 1. The van der Waals surface area contributed by atoms with Gasteiger partial charge in [0.15, 0.2) is 0 Å². The monoisotopic (exact) mass is 276 g/mol. The number of hydrogen-bond acceptors (Lipinski definition) is 5. The minimum Gasteiger partial charge on any atom is -0.437 e. The molecule has 3 rings (SSSR count). The van der Waals surface area contributed by atoms with Crippen molar-refractivity contribution >= 4 is 17.4 Å². The molecule has 1 N–H and O–H groups in total. The van der Waals surface area contributed by atoms with E-state index < -0.39 is 0 Å². The van der Waals surface area contributed by atoms with Crippen molar-refractivity contribution in [3.05, 3.63) is 35.4 Å². The molecule has 0 unspecified atom stereocenters. The van der Waals surface area contributed by atoms with Crippen LogP contribution in [0.4, 0.5) is 5.82 Å². The van der Waals surface area contributed by atoms with E-state index in [9.17, 15) is 0 Å². The van der Waals surface area contributed by atoms with Gasteiger partial charge in [0.1, 0.15) is 17.4 Å². The predicted molar refractivity (Wildman–Crippen MR) is 72.9 cm³/mol. The van der Waals surface area contributed by atoms with Gasteiger partial charge in [-0.1, -0.05) is 11.6 Å². The number of rotatable bonds is 4. The maximum absolute atomic E-state index is 5.87. The van der Waals surface area contributed by atoms with Crippen molar-refractivity contribution in [1.82, 2.24) is 15.0 Å². The van der Waals surface area contributed by atoms with E-state index >= 15 is 0 Å². The van der Waals surface area contributed by atoms with Gasteiger partial charge in [-0.25, -0.2) is 4.98 Å². The van der Waals surface area contributed by atoms with Crippen molar-refractivity contribution in [3.63, 3.8) is 0 Å². The second-order valence-corrected chi connectivity index (χ2v) is 4.85. The summed E-state index contributed by atoms with van der Waals surface area (Å²) in [5, 5.41) is 3.55. The van der Waals surface area contributed by atoms with Gasteiger partial charge in [0.25, 0.3) is 0 Å². The Labute approximate surface area is 116 Å². The van der Waals surface area contributed by atoms with Gasteiger partial charge in [-0.15, -0.1) is 0 Å². The lowest BCUT2D eigenvalue weighted by atomic mass is 10.4. The lowest BCUT2D eigenvalue weighted by Gasteiger charge is -2.08. The van der Waals surface area contributed by atoms with E-state index in [1.54, 1.807) is 24.5 Å². The van der Waals surface area contributed by atoms with Crippen molar-refractivity contribution < 1.29 is 4.74 Å². The number of pyridine rings is 1. The van der Waals surface area contributed by atoms with E-state index in [-0.39, 0.29) is 0 Å². The largest absolute Gasteiger partial charge is 0.437 e. The highest BCUT2D eigenvalue weighted by Gasteiger charge is 2.27. The standard InChI is InChI=1S/C13H13ClN4O/c1-15-11-5-12(18-13(17-11)8-2-3-8)19-10-4-9(14)6-16-7-10/h4-8H,2-3H2,1H3,(H,15,17,18). The molecule has 1 saturated carbocycles. The van der Waals surface area contributed by atoms with Gasteiger partial charge in [-0.05, 0) is 12.8 Å². The van der Waals surface area contributed by atoms with Crippen LogP contribution in [0.5, 0.6) is 11.6 Å². The van der Waals surface area contributed by atoms with E-state index in [0.29, 0.717) is 22.6 Å². The van der Waals surface area contributed by atoms with Crippen molar-refractivity contribution in [2.75, 3.05) is 12.4 Å². The van der Waals surface area contributed by atoms with Gasteiger partial charge in [0.05, 0.1) is 11.2 Å². The highest BCUT2D eigenvalue weighted by atomic mass is 35.5. The number of nitrogens with zero attached hydrogens (tertiary/aromatic N) is 3. The summed E-state index contributed by atoms with van der Waals surface area (Å²) in [7, 11) is 1.82. The smallest absolute Gasteiger partial charge is 0.224 e. The highest BCUT2D eigenvalue weighted by Crippen LogP contribution is 2.39. The summed E-state index contributed by atoms with van der Waals surface area (Å²) < 4.78 is 5.68. The SMILES string of the molecule is CNc1cc(Oc2cncc(Cl)c2)nc(C2CC2)n1. The molecule has 0 bridgehead atoms. The number of aromatic nitrogens is 3. The summed E-state index contributed by atoms with van der Waals surface area (Å²) in [4.78, 5) is 12.8. The Hall–Kier alpha value is -1.88. The third-order valence-corrected chi connectivity index (χ3v) is 3.03. The van der Waals surface area contributed by atoms with Crippen molar-refractivity contribution in [1.29, 1.82) is 0 Å². The molecule has 0 aromatic carbocycles. The highest BCUT2D eigenvalue weighted by molar-refractivity contribution is 6.30. The van der Waals surface area contributed by atoms with E-state index in [2.05, 4.69) is 20.3 Å². The molecule has 0 radical (unpaired) electrons. The molecule has 19 heavy (non-hydrogen) atoms. The summed E-state index contributed by atoms with van der Waals surface area (Å²) in [5.41, 5.74) is 0. The zero-order valence-corrected chi connectivity index (χ0v) is 11.2. The fourth-order valence-corrected chi connectivity index (χ4v) is 1.88. The van der Waals surface area contributed by atoms with Crippen LogP contribution in [0.15, 0.2) is 24.5 Å². The van der Waals surface area contributed by atoms with Crippen LogP contribution in [0.1, 0.15) is 24.6 Å². The van der Waals surface area contributed by atoms with Crippen LogP contribution in [0, 0.1) is 0 Å². The molecule has 0 amide bonds. The molecule has 0 spiro atoms. The second kappa shape index (κ2) is 5.01. The van der Waals surface area contributed by atoms with Crippen LogP contribution in [-0.2, 0) is 0 Å². The predicted octanol–water partition coefficient (Wildman–Crippen LogP) is 3.24. The van der Waals surface area contributed by atoms with Crippen molar-refractivity contribution in [2.24, 2.45) is 0 Å². The molecule has 5 nitrogen and oxygen atoms in total. The van der Waals surface area contributed by atoms with Crippen LogP contribution in [0.3, 0.4) is 0 Å². The third-order valence-electron chi connectivity index (χ3n) is 2.82. The summed E-state index contributed by atoms with van der Waals surface area (Å²) in [6, 6.07) is 3.46. The molecule has 1 aliphatic rings. The Morgan fingerprint density at radius 1 is 1.26 bits per heavy atom. The molecule has 0 aliphatic heterocycles. The minimum absolute atomic E-state index is 0.466. The number of halogens is 1. The van der Waals surface area contributed by atoms with Gasteiger partial charge in [-0.3, -0.25) is 4.98 Å². The van der Waals surface area contributed by atoms with E-state index in [4.69, 9.17) is 16.3 Å². The molecule has 0 atom stereocenters. The molecular weight excluding hydrogens is 264 g/mol. The van der Waals surface area contributed by atoms with Gasteiger partial charge in [-0.2, -0.15) is 4.98 Å². The van der Waals surface area contributed by atoms with Gasteiger partial charge < -0.3 is 10.1 Å². The average molecular weight is 277 g/mol. The quantitative estimate of drug-likeness (QED) is 0.929. The van der Waals surface area contributed by atoms with E-state index in [1.807, 2.05) is 7.05 Å². The first-order valence-electron chi connectivity index (χ1n) is 6.10. The Morgan fingerprint density at radius 2 is 2.11 bits per heavy atom. The number of nitrogens with one attached hydrogen (secondary N) is 1. The first-order chi connectivity index (χ1) is 9.24. The maximum atomic E-state index is 5.87. The fourth-order valence-electron chi connectivity index (χ4n) is 1.72. The number of ether oxygens (including phenoxy) is 1. The zero-order valence-electron chi connectivity index (χ0n) is 10.4. The average Bonchev–Trinajstić information content (AvgIpc) is 3.22.